The Kier molecular flexibility index (Phi) is 5.12. The van der Waals surface area contributed by atoms with Crippen LogP contribution in [0.15, 0.2) is 11.1 Å². The van der Waals surface area contributed by atoms with E-state index in [1.807, 2.05) is 6.92 Å². The van der Waals surface area contributed by atoms with Crippen LogP contribution in [0.1, 0.15) is 20.8 Å². The van der Waals surface area contributed by atoms with Crippen LogP contribution in [0.25, 0.3) is 0 Å². The number of allylic oxidation sites excluding steroid dienone is 1. The SMILES string of the molecule is CC(=O)OC/C(C)=C(/C)C[Si](C)(C)C. The van der Waals surface area contributed by atoms with Crippen molar-refractivity contribution in [2.45, 2.75) is 46.5 Å². The predicted molar refractivity (Wildman–Crippen MR) is 63.2 cm³/mol. The van der Waals surface area contributed by atoms with Crippen LogP contribution < -0.4 is 0 Å². The quantitative estimate of drug-likeness (QED) is 0.408. The van der Waals surface area contributed by atoms with Crippen molar-refractivity contribution in [1.82, 2.24) is 0 Å². The van der Waals surface area contributed by atoms with Gasteiger partial charge in [0.25, 0.3) is 0 Å². The highest BCUT2D eigenvalue weighted by molar-refractivity contribution is 6.76. The highest BCUT2D eigenvalue weighted by atomic mass is 28.3. The molecule has 0 aliphatic rings. The third kappa shape index (κ3) is 6.89. The Morgan fingerprint density at radius 3 is 1.93 bits per heavy atom. The minimum absolute atomic E-state index is 0.204. The molecule has 0 fully saturated rings. The molecule has 0 unspecified atom stereocenters. The summed E-state index contributed by atoms with van der Waals surface area (Å²) < 4.78 is 4.96. The second-order valence-corrected chi connectivity index (χ2v) is 10.6. The Morgan fingerprint density at radius 1 is 1.07 bits per heavy atom. The summed E-state index contributed by atoms with van der Waals surface area (Å²) in [6.07, 6.45) is 0. The van der Waals surface area contributed by atoms with Crippen LogP contribution in [0.4, 0.5) is 0 Å². The van der Waals surface area contributed by atoms with Crippen molar-refractivity contribution >= 4 is 14.0 Å². The van der Waals surface area contributed by atoms with Crippen LogP contribution in [0, 0.1) is 0 Å². The molecule has 0 saturated heterocycles. The van der Waals surface area contributed by atoms with Gasteiger partial charge in [0, 0.05) is 15.0 Å². The molecule has 82 valence electrons. The first-order chi connectivity index (χ1) is 6.22. The van der Waals surface area contributed by atoms with Crippen molar-refractivity contribution in [2.75, 3.05) is 6.61 Å². The number of carbonyl (C=O) groups is 1. The molecule has 0 N–H and O–H groups in total. The summed E-state index contributed by atoms with van der Waals surface area (Å²) in [5.74, 6) is -0.204. The summed E-state index contributed by atoms with van der Waals surface area (Å²) in [6, 6.07) is 1.18. The van der Waals surface area contributed by atoms with Gasteiger partial charge in [-0.15, -0.1) is 0 Å². The van der Waals surface area contributed by atoms with E-state index in [9.17, 15) is 4.79 Å². The summed E-state index contributed by atoms with van der Waals surface area (Å²) in [4.78, 5) is 10.6. The molecule has 0 spiro atoms. The predicted octanol–water partition coefficient (Wildman–Crippen LogP) is 3.22. The van der Waals surface area contributed by atoms with E-state index in [4.69, 9.17) is 4.74 Å². The average molecular weight is 214 g/mol. The molecular formula is C11H22O2Si. The molecule has 0 aromatic rings. The van der Waals surface area contributed by atoms with Crippen LogP contribution in [-0.4, -0.2) is 20.7 Å². The second-order valence-electron chi connectivity index (χ2n) is 5.08. The highest BCUT2D eigenvalue weighted by Gasteiger charge is 2.14. The van der Waals surface area contributed by atoms with E-state index in [-0.39, 0.29) is 5.97 Å². The molecule has 0 aliphatic heterocycles. The van der Waals surface area contributed by atoms with Gasteiger partial charge >= 0.3 is 5.97 Å². The van der Waals surface area contributed by atoms with E-state index < -0.39 is 8.07 Å². The molecule has 0 radical (unpaired) electrons. The van der Waals surface area contributed by atoms with Crippen LogP contribution in [0.2, 0.25) is 25.7 Å². The molecular weight excluding hydrogens is 192 g/mol. The maximum Gasteiger partial charge on any atom is 0.302 e. The summed E-state index contributed by atoms with van der Waals surface area (Å²) in [5, 5.41) is 0. The van der Waals surface area contributed by atoms with Crippen LogP contribution >= 0.6 is 0 Å². The number of rotatable bonds is 4. The monoisotopic (exact) mass is 214 g/mol. The maximum atomic E-state index is 10.6. The Labute approximate surface area is 88.4 Å². The van der Waals surface area contributed by atoms with Crippen molar-refractivity contribution < 1.29 is 9.53 Å². The Bertz CT molecular complexity index is 236. The van der Waals surface area contributed by atoms with Gasteiger partial charge in [0.1, 0.15) is 6.61 Å². The number of ether oxygens (including phenoxy) is 1. The third-order valence-corrected chi connectivity index (χ3v) is 3.61. The number of carbonyl (C=O) groups excluding carboxylic acids is 1. The summed E-state index contributed by atoms with van der Waals surface area (Å²) in [7, 11) is -1.04. The number of hydrogen-bond acceptors (Lipinski definition) is 2. The Hall–Kier alpha value is -0.573. The van der Waals surface area contributed by atoms with E-state index in [0.717, 1.165) is 0 Å². The first-order valence-electron chi connectivity index (χ1n) is 5.01. The average Bonchev–Trinajstić information content (AvgIpc) is 1.96. The summed E-state index contributed by atoms with van der Waals surface area (Å²) >= 11 is 0. The van der Waals surface area contributed by atoms with E-state index in [1.165, 1.54) is 24.1 Å². The first kappa shape index (κ1) is 13.4. The first-order valence-corrected chi connectivity index (χ1v) is 8.71. The molecule has 2 nitrogen and oxygen atoms in total. The molecule has 0 aromatic carbocycles. The molecule has 0 rings (SSSR count). The van der Waals surface area contributed by atoms with Gasteiger partial charge in [-0.05, 0) is 25.5 Å². The molecule has 0 heterocycles. The lowest BCUT2D eigenvalue weighted by atomic mass is 10.2. The van der Waals surface area contributed by atoms with Crippen LogP contribution in [0.3, 0.4) is 0 Å². The van der Waals surface area contributed by atoms with Crippen molar-refractivity contribution in [2.24, 2.45) is 0 Å². The van der Waals surface area contributed by atoms with Gasteiger partial charge < -0.3 is 4.74 Å². The molecule has 0 bridgehead atoms. The Balaban J connectivity index is 4.22. The minimum Gasteiger partial charge on any atom is -0.461 e. The van der Waals surface area contributed by atoms with Gasteiger partial charge in [0.15, 0.2) is 0 Å². The van der Waals surface area contributed by atoms with E-state index in [1.54, 1.807) is 0 Å². The normalized spacial score (nSPS) is 13.6. The lowest BCUT2D eigenvalue weighted by Crippen LogP contribution is -2.20. The van der Waals surface area contributed by atoms with E-state index >= 15 is 0 Å². The Morgan fingerprint density at radius 2 is 1.57 bits per heavy atom. The third-order valence-electron chi connectivity index (χ3n) is 2.02. The summed E-state index contributed by atoms with van der Waals surface area (Å²) in [6.45, 7) is 13.1. The van der Waals surface area contributed by atoms with E-state index in [2.05, 4.69) is 26.6 Å². The van der Waals surface area contributed by atoms with Crippen molar-refractivity contribution in [3.63, 3.8) is 0 Å². The topological polar surface area (TPSA) is 26.3 Å². The molecule has 14 heavy (non-hydrogen) atoms. The van der Waals surface area contributed by atoms with Gasteiger partial charge in [0.05, 0.1) is 0 Å². The van der Waals surface area contributed by atoms with Crippen molar-refractivity contribution in [3.8, 4) is 0 Å². The lowest BCUT2D eigenvalue weighted by molar-refractivity contribution is -0.139. The van der Waals surface area contributed by atoms with Gasteiger partial charge in [-0.3, -0.25) is 4.79 Å². The number of esters is 1. The lowest BCUT2D eigenvalue weighted by Gasteiger charge is -2.18. The van der Waals surface area contributed by atoms with Crippen LogP contribution in [0.5, 0.6) is 0 Å². The molecule has 0 saturated carbocycles. The fourth-order valence-corrected chi connectivity index (χ4v) is 3.17. The molecule has 3 heteroatoms. The van der Waals surface area contributed by atoms with Gasteiger partial charge in [-0.2, -0.15) is 0 Å². The van der Waals surface area contributed by atoms with Gasteiger partial charge in [-0.1, -0.05) is 25.2 Å². The second kappa shape index (κ2) is 5.34. The standard InChI is InChI=1S/C11H22O2Si/c1-9(7-13-11(3)12)10(2)8-14(4,5)6/h7-8H2,1-6H3/b10-9-. The zero-order chi connectivity index (χ0) is 11.4. The van der Waals surface area contributed by atoms with Gasteiger partial charge in [-0.25, -0.2) is 0 Å². The fourth-order valence-electron chi connectivity index (χ4n) is 1.28. The molecule has 0 amide bonds. The molecule has 0 atom stereocenters. The fraction of sp³-hybridized carbons (Fsp3) is 0.727. The smallest absolute Gasteiger partial charge is 0.302 e. The largest absolute Gasteiger partial charge is 0.461 e. The molecule has 0 aliphatic carbocycles. The zero-order valence-electron chi connectivity index (χ0n) is 10.2. The molecule has 0 aromatic heterocycles. The minimum atomic E-state index is -1.04. The van der Waals surface area contributed by atoms with Gasteiger partial charge in [0.2, 0.25) is 0 Å². The highest BCUT2D eigenvalue weighted by Crippen LogP contribution is 2.18. The van der Waals surface area contributed by atoms with E-state index in [0.29, 0.717) is 6.61 Å². The maximum absolute atomic E-state index is 10.6. The number of hydrogen-bond donors (Lipinski definition) is 0. The zero-order valence-corrected chi connectivity index (χ0v) is 11.2. The summed E-state index contributed by atoms with van der Waals surface area (Å²) in [5.41, 5.74) is 2.58. The van der Waals surface area contributed by atoms with Crippen LogP contribution in [-0.2, 0) is 9.53 Å². The van der Waals surface area contributed by atoms with Crippen molar-refractivity contribution in [1.29, 1.82) is 0 Å². The van der Waals surface area contributed by atoms with Crippen molar-refractivity contribution in [3.05, 3.63) is 11.1 Å².